The number of thioether (sulfide) groups is 1. The molecule has 4 aliphatic carbocycles. The Morgan fingerprint density at radius 1 is 1.17 bits per heavy atom. The highest BCUT2D eigenvalue weighted by Gasteiger charge is 2.56. The Morgan fingerprint density at radius 3 is 2.73 bits per heavy atom. The van der Waals surface area contributed by atoms with Crippen molar-refractivity contribution in [3.63, 3.8) is 0 Å². The van der Waals surface area contributed by atoms with Gasteiger partial charge in [-0.05, 0) is 61.7 Å². The third kappa shape index (κ3) is 3.93. The standard InChI is InChI=1S/C26H36O2SSi/c1-25-12-11-23-21(22(25)8-9-24(25)28)7-6-19-18-20(27)10-13-26(19,23)14-16-29-15-5-17-30(2,3)4/h11,18,21-22H,6-10,12-14,16-17H2,1-4H3/t21-,22-,25-,26+/m0/s1. The zero-order valence-corrected chi connectivity index (χ0v) is 20.9. The number of carbonyl (C=O) groups excluding carboxylic acids is 2. The Hall–Kier alpha value is -1.05. The average molecular weight is 441 g/mol. The van der Waals surface area contributed by atoms with E-state index in [2.05, 4.69) is 43.8 Å². The van der Waals surface area contributed by atoms with Crippen LogP contribution in [-0.4, -0.2) is 25.4 Å². The molecule has 2 fully saturated rings. The number of ketones is 2. The molecule has 0 unspecified atom stereocenters. The fourth-order valence-corrected chi connectivity index (χ4v) is 7.99. The molecule has 2 saturated carbocycles. The largest absolute Gasteiger partial charge is 0.299 e. The summed E-state index contributed by atoms with van der Waals surface area (Å²) in [4.78, 5) is 24.9. The van der Waals surface area contributed by atoms with Crippen LogP contribution in [0.3, 0.4) is 0 Å². The van der Waals surface area contributed by atoms with Gasteiger partial charge in [-0.25, -0.2) is 0 Å². The molecule has 0 aromatic carbocycles. The van der Waals surface area contributed by atoms with Crippen LogP contribution in [0, 0.1) is 33.8 Å². The molecule has 0 radical (unpaired) electrons. The first-order valence-corrected chi connectivity index (χ1v) is 16.4. The molecule has 4 rings (SSSR count). The molecule has 4 atom stereocenters. The van der Waals surface area contributed by atoms with Gasteiger partial charge in [-0.15, -0.1) is 0 Å². The summed E-state index contributed by atoms with van der Waals surface area (Å²) < 4.78 is 0. The van der Waals surface area contributed by atoms with Crippen molar-refractivity contribution in [2.45, 2.75) is 84.0 Å². The molecule has 0 bridgehead atoms. The van der Waals surface area contributed by atoms with Gasteiger partial charge >= 0.3 is 0 Å². The molecule has 4 heteroatoms. The van der Waals surface area contributed by atoms with Gasteiger partial charge in [0.15, 0.2) is 5.78 Å². The Bertz CT molecular complexity index is 868. The topological polar surface area (TPSA) is 34.1 Å². The van der Waals surface area contributed by atoms with Gasteiger partial charge in [-0.3, -0.25) is 9.59 Å². The average Bonchev–Trinajstić information content (AvgIpc) is 2.99. The summed E-state index contributed by atoms with van der Waals surface area (Å²) in [5.74, 6) is 6.23. The van der Waals surface area contributed by atoms with Gasteiger partial charge in [0.1, 0.15) is 5.78 Å². The Kier molecular flexibility index (Phi) is 6.01. The van der Waals surface area contributed by atoms with Gasteiger partial charge in [0.05, 0.1) is 8.07 Å². The summed E-state index contributed by atoms with van der Waals surface area (Å²) in [6.07, 6.45) is 12.0. The van der Waals surface area contributed by atoms with Crippen molar-refractivity contribution in [2.75, 3.05) is 5.75 Å². The van der Waals surface area contributed by atoms with Crippen molar-refractivity contribution in [3.8, 4) is 11.2 Å². The first kappa shape index (κ1) is 22.2. The second-order valence-electron chi connectivity index (χ2n) is 11.3. The highest BCUT2D eigenvalue weighted by Crippen LogP contribution is 2.63. The number of rotatable bonds is 4. The molecule has 162 valence electrons. The molecule has 0 aromatic heterocycles. The third-order valence-electron chi connectivity index (χ3n) is 8.19. The quantitative estimate of drug-likeness (QED) is 0.219. The second-order valence-corrected chi connectivity index (χ2v) is 17.7. The summed E-state index contributed by atoms with van der Waals surface area (Å²) in [5.41, 5.74) is 2.88. The van der Waals surface area contributed by atoms with Gasteiger partial charge in [0, 0.05) is 35.5 Å². The van der Waals surface area contributed by atoms with Crippen LogP contribution < -0.4 is 0 Å². The predicted octanol–water partition coefficient (Wildman–Crippen LogP) is 6.41. The fraction of sp³-hybridized carbons (Fsp3) is 0.692. The van der Waals surface area contributed by atoms with E-state index in [1.807, 2.05) is 6.08 Å². The van der Waals surface area contributed by atoms with E-state index in [9.17, 15) is 9.59 Å². The zero-order valence-electron chi connectivity index (χ0n) is 19.1. The van der Waals surface area contributed by atoms with Crippen LogP contribution in [0.15, 0.2) is 23.3 Å². The fourth-order valence-electron chi connectivity index (χ4n) is 6.52. The molecule has 4 aliphatic rings. The molecule has 2 nitrogen and oxygen atoms in total. The minimum absolute atomic E-state index is 0.0528. The molecule has 0 N–H and O–H groups in total. The summed E-state index contributed by atoms with van der Waals surface area (Å²) in [6, 6.07) is 1.06. The Balaban J connectivity index is 1.57. The van der Waals surface area contributed by atoms with Crippen molar-refractivity contribution in [1.29, 1.82) is 0 Å². The van der Waals surface area contributed by atoms with Gasteiger partial charge in [-0.2, -0.15) is 0 Å². The minimum Gasteiger partial charge on any atom is -0.299 e. The van der Waals surface area contributed by atoms with Crippen molar-refractivity contribution in [3.05, 3.63) is 23.3 Å². The van der Waals surface area contributed by atoms with Gasteiger partial charge in [0.2, 0.25) is 0 Å². The summed E-state index contributed by atoms with van der Waals surface area (Å²) in [6.45, 7) is 9.30. The molecule has 0 heterocycles. The second kappa shape index (κ2) is 8.13. The van der Waals surface area contributed by atoms with E-state index in [0.717, 1.165) is 56.7 Å². The molecule has 0 amide bonds. The van der Waals surface area contributed by atoms with Crippen molar-refractivity contribution < 1.29 is 9.59 Å². The van der Waals surface area contributed by atoms with E-state index in [1.54, 1.807) is 17.3 Å². The Morgan fingerprint density at radius 2 is 1.97 bits per heavy atom. The zero-order chi connectivity index (χ0) is 21.6. The first-order chi connectivity index (χ1) is 14.2. The van der Waals surface area contributed by atoms with Gasteiger partial charge in [-0.1, -0.05) is 61.5 Å². The van der Waals surface area contributed by atoms with Crippen LogP contribution in [0.25, 0.3) is 0 Å². The van der Waals surface area contributed by atoms with Crippen molar-refractivity contribution >= 4 is 31.4 Å². The van der Waals surface area contributed by atoms with E-state index in [1.165, 1.54) is 5.57 Å². The van der Waals surface area contributed by atoms with Crippen LogP contribution in [0.1, 0.15) is 58.3 Å². The van der Waals surface area contributed by atoms with Crippen LogP contribution in [0.4, 0.5) is 0 Å². The minimum atomic E-state index is -1.11. The monoisotopic (exact) mass is 440 g/mol. The Labute approximate surface area is 187 Å². The van der Waals surface area contributed by atoms with Crippen molar-refractivity contribution in [1.82, 2.24) is 0 Å². The molecule has 0 spiro atoms. The van der Waals surface area contributed by atoms with E-state index < -0.39 is 8.07 Å². The molecule has 30 heavy (non-hydrogen) atoms. The molecule has 0 aromatic rings. The number of hydrogen-bond donors (Lipinski definition) is 0. The third-order valence-corrected chi connectivity index (χ3v) is 10.1. The number of Topliss-reactive ketones (excluding diaryl/α,β-unsaturated/α-hetero) is 1. The number of fused-ring (bicyclic) bond motifs is 5. The van der Waals surface area contributed by atoms with Crippen LogP contribution >= 0.6 is 11.8 Å². The highest BCUT2D eigenvalue weighted by molar-refractivity contribution is 8.03. The molecule has 0 saturated heterocycles. The van der Waals surface area contributed by atoms with Crippen molar-refractivity contribution in [2.24, 2.45) is 22.7 Å². The van der Waals surface area contributed by atoms with E-state index >= 15 is 0 Å². The lowest BCUT2D eigenvalue weighted by Gasteiger charge is -2.53. The lowest BCUT2D eigenvalue weighted by molar-refractivity contribution is -0.127. The predicted molar refractivity (Wildman–Crippen MR) is 129 cm³/mol. The summed E-state index contributed by atoms with van der Waals surface area (Å²) >= 11 is 1.76. The van der Waals surface area contributed by atoms with Crippen LogP contribution in [-0.2, 0) is 9.59 Å². The SMILES string of the molecule is C[C@]12CC=C3[C@@H](CCC4=CC(=O)CC[C@@]43CCSC#CC[Si](C)(C)C)[C@@H]1CCC2=O. The maximum Gasteiger partial charge on any atom is 0.155 e. The van der Waals surface area contributed by atoms with Gasteiger partial charge in [0.25, 0.3) is 0 Å². The maximum absolute atomic E-state index is 12.7. The number of allylic oxidation sites excluding steroid dienone is 4. The smallest absolute Gasteiger partial charge is 0.155 e. The van der Waals surface area contributed by atoms with Gasteiger partial charge < -0.3 is 0 Å². The number of carbonyl (C=O) groups is 2. The lowest BCUT2D eigenvalue weighted by Crippen LogP contribution is -2.45. The van der Waals surface area contributed by atoms with Crippen LogP contribution in [0.2, 0.25) is 25.7 Å². The molecular weight excluding hydrogens is 404 g/mol. The molecular formula is C26H36O2SSi. The van der Waals surface area contributed by atoms with E-state index in [4.69, 9.17) is 0 Å². The normalized spacial score (nSPS) is 35.5. The lowest BCUT2D eigenvalue weighted by atomic mass is 9.50. The highest BCUT2D eigenvalue weighted by atomic mass is 32.2. The van der Waals surface area contributed by atoms with E-state index in [-0.39, 0.29) is 10.8 Å². The van der Waals surface area contributed by atoms with E-state index in [0.29, 0.717) is 29.8 Å². The number of hydrogen-bond acceptors (Lipinski definition) is 3. The summed E-state index contributed by atoms with van der Waals surface area (Å²) in [7, 11) is -1.11. The molecule has 0 aliphatic heterocycles. The van der Waals surface area contributed by atoms with Crippen LogP contribution in [0.5, 0.6) is 0 Å². The maximum atomic E-state index is 12.7. The first-order valence-electron chi connectivity index (χ1n) is 11.7. The summed E-state index contributed by atoms with van der Waals surface area (Å²) in [5, 5.41) is 3.35.